The molecule has 1 heterocycles. The average Bonchev–Trinajstić information content (AvgIpc) is 2.91. The molecule has 0 radical (unpaired) electrons. The van der Waals surface area contributed by atoms with Crippen LogP contribution >= 0.6 is 39.3 Å². The van der Waals surface area contributed by atoms with E-state index < -0.39 is 17.0 Å². The molecule has 1 fully saturated rings. The van der Waals surface area contributed by atoms with Crippen LogP contribution < -0.4 is 9.47 Å². The second-order valence-electron chi connectivity index (χ2n) is 5.97. The van der Waals surface area contributed by atoms with Gasteiger partial charge in [0.25, 0.3) is 11.1 Å². The van der Waals surface area contributed by atoms with Crippen molar-refractivity contribution in [2.24, 2.45) is 0 Å². The molecular weight excluding hydrogens is 485 g/mol. The summed E-state index contributed by atoms with van der Waals surface area (Å²) in [6.07, 6.45) is 1.61. The molecular formula is C20H16BrClFNO4S. The van der Waals surface area contributed by atoms with Crippen LogP contribution in [0.3, 0.4) is 0 Å². The minimum Gasteiger partial charge on any atom is -0.492 e. The molecule has 2 aromatic carbocycles. The van der Waals surface area contributed by atoms with Crippen LogP contribution in [0, 0.1) is 5.82 Å². The van der Waals surface area contributed by atoms with E-state index in [-0.39, 0.29) is 16.5 Å². The van der Waals surface area contributed by atoms with Crippen molar-refractivity contribution < 1.29 is 23.5 Å². The van der Waals surface area contributed by atoms with Crippen molar-refractivity contribution in [2.45, 2.75) is 13.5 Å². The van der Waals surface area contributed by atoms with Crippen molar-refractivity contribution in [3.63, 3.8) is 0 Å². The Morgan fingerprint density at radius 1 is 1.28 bits per heavy atom. The molecule has 0 aliphatic carbocycles. The van der Waals surface area contributed by atoms with Crippen molar-refractivity contribution in [2.75, 3.05) is 13.7 Å². The summed E-state index contributed by atoms with van der Waals surface area (Å²) in [4.78, 5) is 26.5. The smallest absolute Gasteiger partial charge is 0.293 e. The fourth-order valence-electron chi connectivity index (χ4n) is 2.74. The topological polar surface area (TPSA) is 55.8 Å². The molecule has 29 heavy (non-hydrogen) atoms. The number of rotatable bonds is 6. The summed E-state index contributed by atoms with van der Waals surface area (Å²) in [7, 11) is 1.54. The van der Waals surface area contributed by atoms with Gasteiger partial charge in [-0.1, -0.05) is 17.7 Å². The number of thioether (sulfide) groups is 1. The van der Waals surface area contributed by atoms with Gasteiger partial charge in [0.1, 0.15) is 5.82 Å². The van der Waals surface area contributed by atoms with Crippen LogP contribution in [-0.4, -0.2) is 29.8 Å². The maximum atomic E-state index is 13.2. The van der Waals surface area contributed by atoms with Gasteiger partial charge in [-0.2, -0.15) is 0 Å². The maximum Gasteiger partial charge on any atom is 0.293 e. The van der Waals surface area contributed by atoms with Gasteiger partial charge in [0.05, 0.1) is 29.6 Å². The third kappa shape index (κ3) is 4.76. The number of benzene rings is 2. The third-order valence-corrected chi connectivity index (χ3v) is 5.90. The van der Waals surface area contributed by atoms with E-state index in [0.29, 0.717) is 33.7 Å². The summed E-state index contributed by atoms with van der Waals surface area (Å²) >= 11 is 10.3. The Hall–Kier alpha value is -2.03. The minimum atomic E-state index is -0.483. The first kappa shape index (κ1) is 21.7. The molecule has 0 bridgehead atoms. The highest BCUT2D eigenvalue weighted by Crippen LogP contribution is 2.39. The van der Waals surface area contributed by atoms with E-state index in [1.807, 2.05) is 6.92 Å². The predicted molar refractivity (Wildman–Crippen MR) is 115 cm³/mol. The lowest BCUT2D eigenvalue weighted by Gasteiger charge is -2.14. The summed E-state index contributed by atoms with van der Waals surface area (Å²) < 4.78 is 24.8. The van der Waals surface area contributed by atoms with E-state index in [4.69, 9.17) is 21.1 Å². The molecule has 0 saturated carbocycles. The van der Waals surface area contributed by atoms with Crippen LogP contribution in [0.15, 0.2) is 39.7 Å². The Kier molecular flexibility index (Phi) is 6.87. The number of amides is 2. The van der Waals surface area contributed by atoms with Crippen molar-refractivity contribution in [1.29, 1.82) is 0 Å². The normalized spacial score (nSPS) is 15.3. The molecule has 3 rings (SSSR count). The maximum absolute atomic E-state index is 13.2. The zero-order chi connectivity index (χ0) is 21.1. The first-order valence-electron chi connectivity index (χ1n) is 8.53. The number of imide groups is 1. The number of hydrogen-bond acceptors (Lipinski definition) is 5. The molecule has 1 aliphatic rings. The lowest BCUT2D eigenvalue weighted by molar-refractivity contribution is -0.123. The highest BCUT2D eigenvalue weighted by Gasteiger charge is 2.35. The van der Waals surface area contributed by atoms with Crippen molar-refractivity contribution >= 4 is 56.5 Å². The number of ether oxygens (including phenoxy) is 2. The largest absolute Gasteiger partial charge is 0.492 e. The second-order valence-corrected chi connectivity index (χ2v) is 8.23. The molecule has 152 valence electrons. The van der Waals surface area contributed by atoms with E-state index in [1.165, 1.54) is 19.2 Å². The zero-order valence-corrected chi connectivity index (χ0v) is 18.7. The van der Waals surface area contributed by atoms with E-state index >= 15 is 0 Å². The Bertz CT molecular complexity index is 1010. The molecule has 5 nitrogen and oxygen atoms in total. The number of methoxy groups -OCH3 is 1. The van der Waals surface area contributed by atoms with Crippen molar-refractivity contribution in [3.8, 4) is 11.5 Å². The highest BCUT2D eigenvalue weighted by atomic mass is 79.9. The number of carbonyl (C=O) groups excluding carboxylic acids is 2. The molecule has 0 unspecified atom stereocenters. The first-order valence-corrected chi connectivity index (χ1v) is 10.5. The lowest BCUT2D eigenvalue weighted by atomic mass is 10.1. The second kappa shape index (κ2) is 9.19. The van der Waals surface area contributed by atoms with Gasteiger partial charge in [-0.05, 0) is 76.1 Å². The van der Waals surface area contributed by atoms with Gasteiger partial charge in [-0.3, -0.25) is 14.5 Å². The summed E-state index contributed by atoms with van der Waals surface area (Å²) in [5.41, 5.74) is 1.16. The van der Waals surface area contributed by atoms with Crippen molar-refractivity contribution in [1.82, 2.24) is 4.90 Å². The minimum absolute atomic E-state index is 0.0301. The number of halogens is 3. The van der Waals surface area contributed by atoms with Crippen LogP contribution in [0.1, 0.15) is 18.1 Å². The zero-order valence-electron chi connectivity index (χ0n) is 15.5. The van der Waals surface area contributed by atoms with Crippen LogP contribution in [0.25, 0.3) is 6.08 Å². The molecule has 0 N–H and O–H groups in total. The summed E-state index contributed by atoms with van der Waals surface area (Å²) in [6, 6.07) is 7.35. The van der Waals surface area contributed by atoms with Crippen LogP contribution in [0.2, 0.25) is 5.02 Å². The van der Waals surface area contributed by atoms with Gasteiger partial charge in [0.2, 0.25) is 0 Å². The SMILES string of the molecule is CCOc1cc(/C=C2\SC(=O)N(Cc3ccc(F)cc3Cl)C2=O)cc(Br)c1OC. The molecule has 0 spiro atoms. The fraction of sp³-hybridized carbons (Fsp3) is 0.200. The van der Waals surface area contributed by atoms with Crippen LogP contribution in [0.5, 0.6) is 11.5 Å². The molecule has 1 saturated heterocycles. The monoisotopic (exact) mass is 499 g/mol. The van der Waals surface area contributed by atoms with Crippen molar-refractivity contribution in [3.05, 3.63) is 61.7 Å². The van der Waals surface area contributed by atoms with Gasteiger partial charge in [-0.15, -0.1) is 0 Å². The number of nitrogens with zero attached hydrogens (tertiary/aromatic N) is 1. The van der Waals surface area contributed by atoms with E-state index in [1.54, 1.807) is 18.2 Å². The van der Waals surface area contributed by atoms with Gasteiger partial charge in [0, 0.05) is 5.02 Å². The fourth-order valence-corrected chi connectivity index (χ4v) is 4.43. The molecule has 9 heteroatoms. The number of carbonyl (C=O) groups is 2. The average molecular weight is 501 g/mol. The quantitative estimate of drug-likeness (QED) is 0.463. The molecule has 1 aliphatic heterocycles. The Labute approximate surface area is 184 Å². The van der Waals surface area contributed by atoms with Crippen LogP contribution in [0.4, 0.5) is 9.18 Å². The van der Waals surface area contributed by atoms with E-state index in [2.05, 4.69) is 15.9 Å². The van der Waals surface area contributed by atoms with Gasteiger partial charge in [0.15, 0.2) is 11.5 Å². The molecule has 0 atom stereocenters. The standard InChI is InChI=1S/C20H16BrClFNO4S/c1-3-28-16-7-11(6-14(21)18(16)27-2)8-17-19(25)24(20(26)29-17)10-12-4-5-13(23)9-15(12)22/h4-9H,3,10H2,1-2H3/b17-8-. The highest BCUT2D eigenvalue weighted by molar-refractivity contribution is 9.10. The predicted octanol–water partition coefficient (Wildman–Crippen LogP) is 5.89. The first-order chi connectivity index (χ1) is 13.8. The molecule has 0 aromatic heterocycles. The van der Waals surface area contributed by atoms with Gasteiger partial charge < -0.3 is 9.47 Å². The number of hydrogen-bond donors (Lipinski definition) is 0. The Morgan fingerprint density at radius 3 is 2.69 bits per heavy atom. The summed E-state index contributed by atoms with van der Waals surface area (Å²) in [6.45, 7) is 2.27. The summed E-state index contributed by atoms with van der Waals surface area (Å²) in [5.74, 6) is 0.143. The summed E-state index contributed by atoms with van der Waals surface area (Å²) in [5, 5.41) is -0.257. The molecule has 2 amide bonds. The van der Waals surface area contributed by atoms with Gasteiger partial charge >= 0.3 is 0 Å². The van der Waals surface area contributed by atoms with E-state index in [0.717, 1.165) is 22.7 Å². The third-order valence-electron chi connectivity index (χ3n) is 4.05. The Morgan fingerprint density at radius 2 is 2.03 bits per heavy atom. The lowest BCUT2D eigenvalue weighted by Crippen LogP contribution is -2.27. The van der Waals surface area contributed by atoms with Gasteiger partial charge in [-0.25, -0.2) is 4.39 Å². The van der Waals surface area contributed by atoms with E-state index in [9.17, 15) is 14.0 Å². The molecule has 2 aromatic rings. The Balaban J connectivity index is 1.88. The van der Waals surface area contributed by atoms with Crippen LogP contribution in [-0.2, 0) is 11.3 Å².